The lowest BCUT2D eigenvalue weighted by Gasteiger charge is -2.46. The second-order valence-electron chi connectivity index (χ2n) is 3.84. The summed E-state index contributed by atoms with van der Waals surface area (Å²) in [5, 5.41) is 10.2. The first-order chi connectivity index (χ1) is 7.02. The minimum absolute atomic E-state index is 0.157. The van der Waals surface area contributed by atoms with Crippen molar-refractivity contribution in [3.63, 3.8) is 0 Å². The number of halogens is 1. The van der Waals surface area contributed by atoms with Crippen LogP contribution in [0.3, 0.4) is 0 Å². The van der Waals surface area contributed by atoms with Crippen molar-refractivity contribution in [2.75, 3.05) is 23.7 Å². The predicted octanol–water partition coefficient (Wildman–Crippen LogP) is 0.673. The maximum atomic E-state index is 9.84. The molecule has 6 heteroatoms. The maximum Gasteiger partial charge on any atom is 0.223 e. The van der Waals surface area contributed by atoms with E-state index in [4.69, 9.17) is 17.3 Å². The Morgan fingerprint density at radius 2 is 2.27 bits per heavy atom. The van der Waals surface area contributed by atoms with Crippen LogP contribution in [-0.4, -0.2) is 33.8 Å². The molecule has 0 unspecified atom stereocenters. The first-order valence-electron chi connectivity index (χ1n) is 4.80. The molecule has 1 saturated heterocycles. The minimum Gasteiger partial charge on any atom is -0.386 e. The Bertz CT molecular complexity index is 358. The van der Waals surface area contributed by atoms with E-state index >= 15 is 0 Å². The van der Waals surface area contributed by atoms with Gasteiger partial charge in [0.25, 0.3) is 0 Å². The van der Waals surface area contributed by atoms with E-state index in [0.29, 0.717) is 24.1 Å². The number of rotatable bonds is 2. The second-order valence-corrected chi connectivity index (χ2v) is 4.23. The van der Waals surface area contributed by atoms with Crippen molar-refractivity contribution in [3.8, 4) is 0 Å². The summed E-state index contributed by atoms with van der Waals surface area (Å²) in [6.45, 7) is 3.09. The summed E-state index contributed by atoms with van der Waals surface area (Å²) in [4.78, 5) is 9.75. The summed E-state index contributed by atoms with van der Waals surface area (Å²) in [5.74, 6) is 0.829. The van der Waals surface area contributed by atoms with Crippen molar-refractivity contribution in [3.05, 3.63) is 11.2 Å². The van der Waals surface area contributed by atoms with Gasteiger partial charge in [0.05, 0.1) is 5.60 Å². The third kappa shape index (κ3) is 1.98. The van der Waals surface area contributed by atoms with Crippen LogP contribution in [0, 0.1) is 0 Å². The molecule has 0 aliphatic carbocycles. The molecule has 15 heavy (non-hydrogen) atoms. The van der Waals surface area contributed by atoms with Crippen molar-refractivity contribution in [2.45, 2.75) is 18.9 Å². The molecule has 1 aromatic heterocycles. The van der Waals surface area contributed by atoms with Crippen molar-refractivity contribution in [1.29, 1.82) is 0 Å². The van der Waals surface area contributed by atoms with E-state index in [1.54, 1.807) is 6.07 Å². The standard InChI is InChI=1S/C9H13ClN4O/c1-2-9(15)4-14(5-9)7-3-6(10)12-8(11)13-7/h3,15H,2,4-5H2,1H3,(H2,11,12,13). The van der Waals surface area contributed by atoms with Gasteiger partial charge in [-0.2, -0.15) is 4.98 Å². The van der Waals surface area contributed by atoms with Gasteiger partial charge in [0.15, 0.2) is 0 Å². The number of β-amino-alcohol motifs (C(OH)–C–C–N with tert-alkyl or cyclic N) is 1. The lowest BCUT2D eigenvalue weighted by molar-refractivity contribution is 0.00806. The van der Waals surface area contributed by atoms with E-state index in [-0.39, 0.29) is 5.95 Å². The Morgan fingerprint density at radius 1 is 1.60 bits per heavy atom. The molecule has 1 aromatic rings. The Morgan fingerprint density at radius 3 is 2.80 bits per heavy atom. The van der Waals surface area contributed by atoms with Crippen molar-refractivity contribution in [2.24, 2.45) is 0 Å². The number of nitrogen functional groups attached to an aromatic ring is 1. The van der Waals surface area contributed by atoms with Gasteiger partial charge < -0.3 is 15.7 Å². The third-order valence-electron chi connectivity index (χ3n) is 2.65. The van der Waals surface area contributed by atoms with Gasteiger partial charge in [-0.3, -0.25) is 0 Å². The molecule has 0 atom stereocenters. The largest absolute Gasteiger partial charge is 0.386 e. The van der Waals surface area contributed by atoms with E-state index in [9.17, 15) is 5.11 Å². The summed E-state index contributed by atoms with van der Waals surface area (Å²) in [6, 6.07) is 1.65. The van der Waals surface area contributed by atoms with Gasteiger partial charge in [-0.15, -0.1) is 0 Å². The van der Waals surface area contributed by atoms with Gasteiger partial charge >= 0.3 is 0 Å². The van der Waals surface area contributed by atoms with Crippen molar-refractivity contribution in [1.82, 2.24) is 9.97 Å². The highest BCUT2D eigenvalue weighted by molar-refractivity contribution is 6.29. The van der Waals surface area contributed by atoms with Gasteiger partial charge in [0.1, 0.15) is 11.0 Å². The SMILES string of the molecule is CCC1(O)CN(c2cc(Cl)nc(N)n2)C1. The van der Waals surface area contributed by atoms with E-state index in [2.05, 4.69) is 9.97 Å². The topological polar surface area (TPSA) is 75.3 Å². The van der Waals surface area contributed by atoms with Crippen molar-refractivity contribution >= 4 is 23.4 Å². The van der Waals surface area contributed by atoms with Gasteiger partial charge in [-0.25, -0.2) is 4.98 Å². The average Bonchev–Trinajstić information content (AvgIpc) is 2.11. The van der Waals surface area contributed by atoms with E-state index in [1.165, 1.54) is 0 Å². The molecule has 0 spiro atoms. The molecule has 0 saturated carbocycles. The van der Waals surface area contributed by atoms with E-state index in [1.807, 2.05) is 11.8 Å². The van der Waals surface area contributed by atoms with Crippen LogP contribution in [0.1, 0.15) is 13.3 Å². The van der Waals surface area contributed by atoms with Crippen LogP contribution < -0.4 is 10.6 Å². The van der Waals surface area contributed by atoms with Gasteiger partial charge in [-0.05, 0) is 6.42 Å². The summed E-state index contributed by atoms with van der Waals surface area (Å²) in [7, 11) is 0. The highest BCUT2D eigenvalue weighted by Gasteiger charge is 2.40. The number of hydrogen-bond acceptors (Lipinski definition) is 5. The molecule has 1 aliphatic heterocycles. The smallest absolute Gasteiger partial charge is 0.223 e. The fourth-order valence-electron chi connectivity index (χ4n) is 1.63. The molecule has 3 N–H and O–H groups in total. The molecule has 2 heterocycles. The number of aliphatic hydroxyl groups is 1. The summed E-state index contributed by atoms with van der Waals surface area (Å²) >= 11 is 5.76. The molecule has 0 radical (unpaired) electrons. The van der Waals surface area contributed by atoms with E-state index < -0.39 is 5.60 Å². The van der Waals surface area contributed by atoms with Crippen LogP contribution in [0.2, 0.25) is 5.15 Å². The fourth-order valence-corrected chi connectivity index (χ4v) is 1.82. The van der Waals surface area contributed by atoms with Crippen LogP contribution >= 0.6 is 11.6 Å². The lowest BCUT2D eigenvalue weighted by atomic mass is 9.91. The first-order valence-corrected chi connectivity index (χ1v) is 5.17. The Labute approximate surface area is 92.9 Å². The normalized spacial score (nSPS) is 18.7. The molecular formula is C9H13ClN4O. The summed E-state index contributed by atoms with van der Waals surface area (Å²) < 4.78 is 0. The number of nitrogens with zero attached hydrogens (tertiary/aromatic N) is 3. The van der Waals surface area contributed by atoms with Crippen LogP contribution in [0.5, 0.6) is 0 Å². The zero-order chi connectivity index (χ0) is 11.1. The molecule has 1 aliphatic rings. The number of hydrogen-bond donors (Lipinski definition) is 2. The number of anilines is 2. The van der Waals surface area contributed by atoms with Crippen LogP contribution in [-0.2, 0) is 0 Å². The zero-order valence-electron chi connectivity index (χ0n) is 8.44. The molecule has 82 valence electrons. The highest BCUT2D eigenvalue weighted by atomic mass is 35.5. The fraction of sp³-hybridized carbons (Fsp3) is 0.556. The monoisotopic (exact) mass is 228 g/mol. The molecule has 5 nitrogen and oxygen atoms in total. The Hall–Kier alpha value is -1.07. The lowest BCUT2D eigenvalue weighted by Crippen LogP contribution is -2.61. The Kier molecular flexibility index (Phi) is 2.44. The van der Waals surface area contributed by atoms with Crippen LogP contribution in [0.15, 0.2) is 6.07 Å². The quantitative estimate of drug-likeness (QED) is 0.728. The number of aromatic nitrogens is 2. The van der Waals surface area contributed by atoms with Crippen LogP contribution in [0.25, 0.3) is 0 Å². The molecule has 1 fully saturated rings. The molecule has 0 aromatic carbocycles. The molecule has 0 bridgehead atoms. The average molecular weight is 229 g/mol. The molecular weight excluding hydrogens is 216 g/mol. The zero-order valence-corrected chi connectivity index (χ0v) is 9.20. The maximum absolute atomic E-state index is 9.84. The van der Waals surface area contributed by atoms with Crippen LogP contribution in [0.4, 0.5) is 11.8 Å². The minimum atomic E-state index is -0.591. The number of nitrogens with two attached hydrogens (primary N) is 1. The summed E-state index contributed by atoms with van der Waals surface area (Å²) in [6.07, 6.45) is 0.734. The molecule has 2 rings (SSSR count). The predicted molar refractivity (Wildman–Crippen MR) is 58.9 cm³/mol. The first kappa shape index (κ1) is 10.4. The van der Waals surface area contributed by atoms with Gasteiger partial charge in [-0.1, -0.05) is 18.5 Å². The second kappa shape index (κ2) is 3.50. The Balaban J connectivity index is 2.13. The third-order valence-corrected chi connectivity index (χ3v) is 2.84. The van der Waals surface area contributed by atoms with Gasteiger partial charge in [0, 0.05) is 19.2 Å². The highest BCUT2D eigenvalue weighted by Crippen LogP contribution is 2.29. The summed E-state index contributed by atoms with van der Waals surface area (Å²) in [5.41, 5.74) is 4.89. The van der Waals surface area contributed by atoms with E-state index in [0.717, 1.165) is 6.42 Å². The van der Waals surface area contributed by atoms with Crippen molar-refractivity contribution < 1.29 is 5.11 Å². The molecule has 0 amide bonds. The van der Waals surface area contributed by atoms with Gasteiger partial charge in [0.2, 0.25) is 5.95 Å².